The van der Waals surface area contributed by atoms with E-state index in [1.54, 1.807) is 6.07 Å². The number of urea groups is 1. The van der Waals surface area contributed by atoms with Crippen molar-refractivity contribution < 1.29 is 22.7 Å². The van der Waals surface area contributed by atoms with Gasteiger partial charge in [0.15, 0.2) is 0 Å². The smallest absolute Gasteiger partial charge is 0.374 e. The molecule has 0 spiro atoms. The maximum absolute atomic E-state index is 13.0. The summed E-state index contributed by atoms with van der Waals surface area (Å²) in [6.45, 7) is 2.52. The summed E-state index contributed by atoms with van der Waals surface area (Å²) < 4.78 is 44.8. The molecule has 2 N–H and O–H groups in total. The van der Waals surface area contributed by atoms with Crippen LogP contribution in [0.5, 0.6) is 0 Å². The molecule has 1 unspecified atom stereocenters. The van der Waals surface area contributed by atoms with E-state index >= 15 is 0 Å². The molecule has 0 aromatic heterocycles. The van der Waals surface area contributed by atoms with Crippen LogP contribution in [0.25, 0.3) is 0 Å². The lowest BCUT2D eigenvalue weighted by Gasteiger charge is -2.33. The molecular formula is C21H22Cl2F3N3O2. The molecule has 0 saturated carbocycles. The highest BCUT2D eigenvalue weighted by atomic mass is 35.5. The van der Waals surface area contributed by atoms with Gasteiger partial charge in [0.25, 0.3) is 0 Å². The Labute approximate surface area is 188 Å². The summed E-state index contributed by atoms with van der Waals surface area (Å²) >= 11 is 12.0. The van der Waals surface area contributed by atoms with Crippen LogP contribution in [0.4, 0.5) is 18.0 Å². The van der Waals surface area contributed by atoms with Gasteiger partial charge in [-0.15, -0.1) is 0 Å². The molecule has 1 saturated heterocycles. The highest BCUT2D eigenvalue weighted by Gasteiger charge is 2.32. The second kappa shape index (κ2) is 10.5. The Balaban J connectivity index is 1.45. The van der Waals surface area contributed by atoms with Crippen molar-refractivity contribution in [1.29, 1.82) is 0 Å². The molecule has 0 aliphatic carbocycles. The molecule has 0 bridgehead atoms. The number of carbonyl (C=O) groups is 1. The molecule has 31 heavy (non-hydrogen) atoms. The first-order chi connectivity index (χ1) is 14.7. The lowest BCUT2D eigenvalue weighted by Crippen LogP contribution is -2.48. The van der Waals surface area contributed by atoms with Crippen LogP contribution in [0.2, 0.25) is 10.0 Å². The molecule has 2 aromatic rings. The number of halogens is 5. The number of benzene rings is 2. The molecule has 1 aliphatic heterocycles. The van der Waals surface area contributed by atoms with Crippen molar-refractivity contribution in [3.63, 3.8) is 0 Å². The van der Waals surface area contributed by atoms with Gasteiger partial charge in [0.2, 0.25) is 0 Å². The number of morpholine rings is 1. The van der Waals surface area contributed by atoms with Gasteiger partial charge in [-0.1, -0.05) is 47.5 Å². The van der Waals surface area contributed by atoms with Crippen molar-refractivity contribution in [1.82, 2.24) is 15.5 Å². The topological polar surface area (TPSA) is 53.6 Å². The van der Waals surface area contributed by atoms with Crippen LogP contribution in [0.3, 0.4) is 0 Å². The van der Waals surface area contributed by atoms with Crippen LogP contribution in [0.15, 0.2) is 42.5 Å². The monoisotopic (exact) mass is 475 g/mol. The number of rotatable bonds is 6. The first-order valence-corrected chi connectivity index (χ1v) is 10.4. The predicted octanol–water partition coefficient (Wildman–Crippen LogP) is 4.71. The molecule has 10 heteroatoms. The van der Waals surface area contributed by atoms with E-state index in [2.05, 4.69) is 15.5 Å². The van der Waals surface area contributed by atoms with E-state index in [1.165, 1.54) is 18.2 Å². The van der Waals surface area contributed by atoms with Gasteiger partial charge in [0.1, 0.15) is 0 Å². The molecule has 5 nitrogen and oxygen atoms in total. The minimum absolute atomic E-state index is 0.00636. The zero-order valence-electron chi connectivity index (χ0n) is 16.5. The van der Waals surface area contributed by atoms with Crippen LogP contribution in [0, 0.1) is 0 Å². The zero-order valence-corrected chi connectivity index (χ0v) is 18.0. The van der Waals surface area contributed by atoms with Crippen molar-refractivity contribution in [3.05, 3.63) is 69.2 Å². The summed E-state index contributed by atoms with van der Waals surface area (Å²) in [5.74, 6) is 0. The van der Waals surface area contributed by atoms with Crippen LogP contribution < -0.4 is 10.6 Å². The Bertz CT molecular complexity index is 912. The molecular weight excluding hydrogens is 454 g/mol. The van der Waals surface area contributed by atoms with Crippen LogP contribution in [-0.4, -0.2) is 43.3 Å². The highest BCUT2D eigenvalue weighted by Crippen LogP contribution is 2.31. The van der Waals surface area contributed by atoms with E-state index in [-0.39, 0.29) is 24.8 Å². The number of hydrogen-bond acceptors (Lipinski definition) is 3. The molecule has 1 fully saturated rings. The number of nitrogens with one attached hydrogen (secondary N) is 2. The van der Waals surface area contributed by atoms with Gasteiger partial charge < -0.3 is 15.4 Å². The number of hydrogen-bond donors (Lipinski definition) is 2. The Morgan fingerprint density at radius 1 is 1.13 bits per heavy atom. The molecule has 168 valence electrons. The Morgan fingerprint density at radius 2 is 1.90 bits per heavy atom. The summed E-state index contributed by atoms with van der Waals surface area (Å²) in [5.41, 5.74) is 0.264. The summed E-state index contributed by atoms with van der Waals surface area (Å²) in [4.78, 5) is 14.2. The normalized spacial score (nSPS) is 17.4. The third-order valence-corrected chi connectivity index (χ3v) is 5.60. The van der Waals surface area contributed by atoms with E-state index in [0.717, 1.165) is 18.2 Å². The second-order valence-corrected chi connectivity index (χ2v) is 8.01. The SMILES string of the molecule is O=C(NCc1ccccc1C(F)(F)F)NCC1CN(Cc2ccc(Cl)c(Cl)c2)CCO1. The van der Waals surface area contributed by atoms with Gasteiger partial charge in [0, 0.05) is 32.7 Å². The first kappa shape index (κ1) is 23.7. The maximum Gasteiger partial charge on any atom is 0.416 e. The van der Waals surface area contributed by atoms with Crippen LogP contribution in [0.1, 0.15) is 16.7 Å². The van der Waals surface area contributed by atoms with Crippen molar-refractivity contribution in [2.45, 2.75) is 25.4 Å². The van der Waals surface area contributed by atoms with Crippen molar-refractivity contribution in [3.8, 4) is 0 Å². The van der Waals surface area contributed by atoms with Gasteiger partial charge in [-0.05, 0) is 29.3 Å². The number of carbonyl (C=O) groups excluding carboxylic acids is 1. The van der Waals surface area contributed by atoms with Crippen LogP contribution >= 0.6 is 23.2 Å². The number of nitrogens with zero attached hydrogens (tertiary/aromatic N) is 1. The predicted molar refractivity (Wildman–Crippen MR) is 113 cm³/mol. The van der Waals surface area contributed by atoms with Crippen molar-refractivity contribution in [2.75, 3.05) is 26.2 Å². The molecule has 1 aliphatic rings. The summed E-state index contributed by atoms with van der Waals surface area (Å²) in [6.07, 6.45) is -4.70. The average Bonchev–Trinajstić information content (AvgIpc) is 2.73. The minimum Gasteiger partial charge on any atom is -0.374 e. The van der Waals surface area contributed by atoms with Gasteiger partial charge in [0.05, 0.1) is 28.3 Å². The lowest BCUT2D eigenvalue weighted by atomic mass is 10.1. The van der Waals surface area contributed by atoms with Gasteiger partial charge in [-0.25, -0.2) is 4.79 Å². The van der Waals surface area contributed by atoms with Crippen molar-refractivity contribution >= 4 is 29.2 Å². The number of amides is 2. The Hall–Kier alpha value is -2.00. The zero-order chi connectivity index (χ0) is 22.4. The fourth-order valence-electron chi connectivity index (χ4n) is 3.34. The van der Waals surface area contributed by atoms with E-state index in [4.69, 9.17) is 27.9 Å². The van der Waals surface area contributed by atoms with E-state index in [1.807, 2.05) is 12.1 Å². The second-order valence-electron chi connectivity index (χ2n) is 7.19. The summed E-state index contributed by atoms with van der Waals surface area (Å²) in [5, 5.41) is 6.12. The van der Waals surface area contributed by atoms with E-state index in [0.29, 0.717) is 29.7 Å². The maximum atomic E-state index is 13.0. The van der Waals surface area contributed by atoms with Gasteiger partial charge in [-0.3, -0.25) is 4.90 Å². The van der Waals surface area contributed by atoms with E-state index in [9.17, 15) is 18.0 Å². The summed E-state index contributed by atoms with van der Waals surface area (Å²) in [6, 6.07) is 10.1. The first-order valence-electron chi connectivity index (χ1n) is 9.67. The molecule has 0 radical (unpaired) electrons. The molecule has 1 atom stereocenters. The fraction of sp³-hybridized carbons (Fsp3) is 0.381. The molecule has 2 amide bonds. The molecule has 2 aromatic carbocycles. The largest absolute Gasteiger partial charge is 0.416 e. The quantitative estimate of drug-likeness (QED) is 0.635. The Kier molecular flexibility index (Phi) is 8.05. The third kappa shape index (κ3) is 7.00. The number of alkyl halides is 3. The summed E-state index contributed by atoms with van der Waals surface area (Å²) in [7, 11) is 0. The van der Waals surface area contributed by atoms with Crippen LogP contribution in [-0.2, 0) is 24.0 Å². The molecule has 3 rings (SSSR count). The molecule has 1 heterocycles. The lowest BCUT2D eigenvalue weighted by molar-refractivity contribution is -0.138. The third-order valence-electron chi connectivity index (χ3n) is 4.87. The fourth-order valence-corrected chi connectivity index (χ4v) is 3.66. The highest BCUT2D eigenvalue weighted by molar-refractivity contribution is 6.42. The van der Waals surface area contributed by atoms with Gasteiger partial charge in [-0.2, -0.15) is 13.2 Å². The van der Waals surface area contributed by atoms with Gasteiger partial charge >= 0.3 is 12.2 Å². The average molecular weight is 476 g/mol. The van der Waals surface area contributed by atoms with Crippen molar-refractivity contribution in [2.24, 2.45) is 0 Å². The Morgan fingerprint density at radius 3 is 2.65 bits per heavy atom. The van der Waals surface area contributed by atoms with E-state index < -0.39 is 17.8 Å². The standard InChI is InChI=1S/C21H22Cl2F3N3O2/c22-18-6-5-14(9-19(18)23)12-29-7-8-31-16(13-29)11-28-20(30)27-10-15-3-1-2-4-17(15)21(24,25)26/h1-6,9,16H,7-8,10-13H2,(H2,27,28,30). The number of ether oxygens (including phenoxy) is 1. The minimum atomic E-state index is -4.47.